The molecule has 0 aliphatic rings. The predicted molar refractivity (Wildman–Crippen MR) is 106 cm³/mol. The highest BCUT2D eigenvalue weighted by Gasteiger charge is 2.09. The van der Waals surface area contributed by atoms with Gasteiger partial charge in [-0.1, -0.05) is 27.7 Å². The van der Waals surface area contributed by atoms with Gasteiger partial charge in [-0.3, -0.25) is 4.79 Å². The van der Waals surface area contributed by atoms with Crippen molar-refractivity contribution in [3.63, 3.8) is 0 Å². The molecule has 1 aromatic heterocycles. The van der Waals surface area contributed by atoms with E-state index in [9.17, 15) is 9.59 Å². The van der Waals surface area contributed by atoms with Crippen molar-refractivity contribution in [2.75, 3.05) is 17.7 Å². The van der Waals surface area contributed by atoms with Crippen LogP contribution in [0.4, 0.5) is 5.69 Å². The Bertz CT molecular complexity index is 941. The summed E-state index contributed by atoms with van der Waals surface area (Å²) in [5.74, 6) is -0.307. The zero-order chi connectivity index (χ0) is 18.5. The third-order valence-corrected chi connectivity index (χ3v) is 4.81. The molecule has 3 aromatic rings. The lowest BCUT2D eigenvalue weighted by Crippen LogP contribution is -2.14. The van der Waals surface area contributed by atoms with Crippen molar-refractivity contribution >= 4 is 56.3 Å². The first-order valence-corrected chi connectivity index (χ1v) is 9.68. The quantitative estimate of drug-likeness (QED) is 0.448. The van der Waals surface area contributed by atoms with Crippen LogP contribution in [0.25, 0.3) is 11.0 Å². The fourth-order valence-electron chi connectivity index (χ4n) is 2.26. The van der Waals surface area contributed by atoms with E-state index >= 15 is 0 Å². The van der Waals surface area contributed by atoms with E-state index in [1.165, 1.54) is 11.8 Å². The van der Waals surface area contributed by atoms with E-state index in [-0.39, 0.29) is 17.6 Å². The SMILES string of the molecule is CCOC(=O)c1ccc(NC(=O)CSc2nc3ccc(Br)cc3[nH]2)cc1. The Labute approximate surface area is 162 Å². The van der Waals surface area contributed by atoms with Crippen molar-refractivity contribution in [1.82, 2.24) is 9.97 Å². The van der Waals surface area contributed by atoms with Crippen LogP contribution >= 0.6 is 27.7 Å². The summed E-state index contributed by atoms with van der Waals surface area (Å²) >= 11 is 4.74. The summed E-state index contributed by atoms with van der Waals surface area (Å²) in [6, 6.07) is 12.4. The first-order chi connectivity index (χ1) is 12.5. The van der Waals surface area contributed by atoms with Crippen LogP contribution in [-0.2, 0) is 9.53 Å². The van der Waals surface area contributed by atoms with Crippen LogP contribution in [0.15, 0.2) is 52.1 Å². The van der Waals surface area contributed by atoms with E-state index in [1.807, 2.05) is 18.2 Å². The lowest BCUT2D eigenvalue weighted by molar-refractivity contribution is -0.113. The van der Waals surface area contributed by atoms with E-state index in [0.29, 0.717) is 23.0 Å². The predicted octanol–water partition coefficient (Wildman–Crippen LogP) is 4.23. The van der Waals surface area contributed by atoms with Gasteiger partial charge in [-0.05, 0) is 49.4 Å². The third kappa shape index (κ3) is 4.64. The lowest BCUT2D eigenvalue weighted by Gasteiger charge is -2.06. The molecule has 0 bridgehead atoms. The second kappa shape index (κ2) is 8.37. The van der Waals surface area contributed by atoms with Gasteiger partial charge in [0.2, 0.25) is 5.91 Å². The number of fused-ring (bicyclic) bond motifs is 1. The average Bonchev–Trinajstić information content (AvgIpc) is 3.03. The van der Waals surface area contributed by atoms with Gasteiger partial charge in [-0.2, -0.15) is 0 Å². The van der Waals surface area contributed by atoms with Crippen molar-refractivity contribution in [1.29, 1.82) is 0 Å². The van der Waals surface area contributed by atoms with Gasteiger partial charge in [0.1, 0.15) is 0 Å². The van der Waals surface area contributed by atoms with Crippen LogP contribution in [0, 0.1) is 0 Å². The number of carbonyl (C=O) groups excluding carboxylic acids is 2. The van der Waals surface area contributed by atoms with Gasteiger partial charge in [0.05, 0.1) is 29.0 Å². The highest BCUT2D eigenvalue weighted by Crippen LogP contribution is 2.22. The number of thioether (sulfide) groups is 1. The Morgan fingerprint density at radius 3 is 2.73 bits per heavy atom. The second-order valence-corrected chi connectivity index (χ2v) is 7.22. The second-order valence-electron chi connectivity index (χ2n) is 5.34. The maximum Gasteiger partial charge on any atom is 0.338 e. The van der Waals surface area contributed by atoms with Crippen LogP contribution in [0.5, 0.6) is 0 Å². The van der Waals surface area contributed by atoms with Crippen LogP contribution < -0.4 is 5.32 Å². The molecule has 0 radical (unpaired) electrons. The maximum absolute atomic E-state index is 12.1. The summed E-state index contributed by atoms with van der Waals surface area (Å²) in [6.07, 6.45) is 0. The van der Waals surface area contributed by atoms with E-state index in [2.05, 4.69) is 31.2 Å². The number of aromatic amines is 1. The molecule has 2 N–H and O–H groups in total. The molecule has 1 amide bonds. The van der Waals surface area contributed by atoms with Crippen molar-refractivity contribution in [2.45, 2.75) is 12.1 Å². The minimum absolute atomic E-state index is 0.152. The van der Waals surface area contributed by atoms with Crippen molar-refractivity contribution in [2.24, 2.45) is 0 Å². The number of carbonyl (C=O) groups is 2. The first kappa shape index (κ1) is 18.5. The highest BCUT2D eigenvalue weighted by atomic mass is 79.9. The van der Waals surface area contributed by atoms with Gasteiger partial charge in [0.15, 0.2) is 5.16 Å². The van der Waals surface area contributed by atoms with Gasteiger partial charge >= 0.3 is 5.97 Å². The summed E-state index contributed by atoms with van der Waals surface area (Å²) < 4.78 is 5.89. The normalized spacial score (nSPS) is 10.7. The van der Waals surface area contributed by atoms with Crippen molar-refractivity contribution < 1.29 is 14.3 Å². The molecule has 0 saturated heterocycles. The fourth-order valence-corrected chi connectivity index (χ4v) is 3.31. The van der Waals surface area contributed by atoms with Gasteiger partial charge in [-0.15, -0.1) is 0 Å². The van der Waals surface area contributed by atoms with E-state index in [4.69, 9.17) is 4.74 Å². The molecule has 0 unspecified atom stereocenters. The number of aromatic nitrogens is 2. The third-order valence-electron chi connectivity index (χ3n) is 3.44. The minimum Gasteiger partial charge on any atom is -0.462 e. The average molecular weight is 434 g/mol. The standard InChI is InChI=1S/C18H16BrN3O3S/c1-2-25-17(24)11-3-6-13(7-4-11)20-16(23)10-26-18-21-14-8-5-12(19)9-15(14)22-18/h3-9H,2,10H2,1H3,(H,20,23)(H,21,22). The first-order valence-electron chi connectivity index (χ1n) is 7.90. The highest BCUT2D eigenvalue weighted by molar-refractivity contribution is 9.10. The Morgan fingerprint density at radius 1 is 1.23 bits per heavy atom. The number of ether oxygens (including phenoxy) is 1. The number of H-pyrrole nitrogens is 1. The number of nitrogens with one attached hydrogen (secondary N) is 2. The summed E-state index contributed by atoms with van der Waals surface area (Å²) in [5, 5.41) is 3.48. The summed E-state index contributed by atoms with van der Waals surface area (Å²) in [7, 11) is 0. The summed E-state index contributed by atoms with van der Waals surface area (Å²) in [5.41, 5.74) is 2.84. The number of anilines is 1. The number of rotatable bonds is 6. The summed E-state index contributed by atoms with van der Waals surface area (Å²) in [4.78, 5) is 31.3. The number of nitrogens with zero attached hydrogens (tertiary/aromatic N) is 1. The molecule has 1 heterocycles. The number of amides is 1. The Kier molecular flexibility index (Phi) is 5.95. The zero-order valence-corrected chi connectivity index (χ0v) is 16.3. The van der Waals surface area contributed by atoms with E-state index in [0.717, 1.165) is 15.5 Å². The number of esters is 1. The molecule has 0 aliphatic carbocycles. The van der Waals surface area contributed by atoms with Crippen LogP contribution in [-0.4, -0.2) is 34.2 Å². The fraction of sp³-hybridized carbons (Fsp3) is 0.167. The zero-order valence-electron chi connectivity index (χ0n) is 13.9. The van der Waals surface area contributed by atoms with Crippen molar-refractivity contribution in [3.8, 4) is 0 Å². The molecule has 0 spiro atoms. The van der Waals surface area contributed by atoms with E-state index < -0.39 is 0 Å². The number of hydrogen-bond donors (Lipinski definition) is 2. The van der Waals surface area contributed by atoms with Gasteiger partial charge in [0.25, 0.3) is 0 Å². The van der Waals surface area contributed by atoms with Gasteiger partial charge < -0.3 is 15.0 Å². The molecule has 26 heavy (non-hydrogen) atoms. The Balaban J connectivity index is 1.55. The molecule has 134 valence electrons. The molecule has 2 aromatic carbocycles. The largest absolute Gasteiger partial charge is 0.462 e. The van der Waals surface area contributed by atoms with Crippen LogP contribution in [0.1, 0.15) is 17.3 Å². The molecular formula is C18H16BrN3O3S. The Hall–Kier alpha value is -2.32. The minimum atomic E-state index is -0.377. The maximum atomic E-state index is 12.1. The van der Waals surface area contributed by atoms with Crippen LogP contribution in [0.2, 0.25) is 0 Å². The molecule has 0 fully saturated rings. The van der Waals surface area contributed by atoms with Gasteiger partial charge in [0, 0.05) is 10.2 Å². The number of halogens is 1. The topological polar surface area (TPSA) is 84.1 Å². The number of hydrogen-bond acceptors (Lipinski definition) is 5. The molecule has 0 aliphatic heterocycles. The smallest absolute Gasteiger partial charge is 0.338 e. The molecule has 3 rings (SSSR count). The van der Waals surface area contributed by atoms with Crippen LogP contribution in [0.3, 0.4) is 0 Å². The monoisotopic (exact) mass is 433 g/mol. The molecule has 0 atom stereocenters. The molecular weight excluding hydrogens is 418 g/mol. The lowest BCUT2D eigenvalue weighted by atomic mass is 10.2. The van der Waals surface area contributed by atoms with Crippen molar-refractivity contribution in [3.05, 3.63) is 52.5 Å². The molecule has 6 nitrogen and oxygen atoms in total. The molecule has 8 heteroatoms. The van der Waals surface area contributed by atoms with Gasteiger partial charge in [-0.25, -0.2) is 9.78 Å². The summed E-state index contributed by atoms with van der Waals surface area (Å²) in [6.45, 7) is 2.08. The molecule has 0 saturated carbocycles. The van der Waals surface area contributed by atoms with E-state index in [1.54, 1.807) is 31.2 Å². The Morgan fingerprint density at radius 2 is 2.00 bits per heavy atom. The number of imidazole rings is 1. The number of benzene rings is 2.